The van der Waals surface area contributed by atoms with Crippen LogP contribution < -0.4 is 0 Å². The van der Waals surface area contributed by atoms with E-state index in [2.05, 4.69) is 11.2 Å². The van der Waals surface area contributed by atoms with E-state index < -0.39 is 5.92 Å². The van der Waals surface area contributed by atoms with Crippen LogP contribution in [-0.4, -0.2) is 21.2 Å². The molecule has 2 heterocycles. The molecule has 0 atom stereocenters. The Morgan fingerprint density at radius 2 is 1.77 bits per heavy atom. The first-order valence-electron chi connectivity index (χ1n) is 12.7. The molecule has 5 nitrogen and oxygen atoms in total. The lowest BCUT2D eigenvalue weighted by molar-refractivity contribution is -0.0387. The maximum absolute atomic E-state index is 13.1. The van der Waals surface area contributed by atoms with Gasteiger partial charge in [-0.15, -0.1) is 11.3 Å². The van der Waals surface area contributed by atoms with Crippen molar-refractivity contribution in [2.24, 2.45) is 0 Å². The van der Waals surface area contributed by atoms with Crippen molar-refractivity contribution >= 4 is 21.6 Å². The van der Waals surface area contributed by atoms with Crippen LogP contribution in [0.5, 0.6) is 0 Å². The van der Waals surface area contributed by atoms with Gasteiger partial charge in [-0.2, -0.15) is 5.26 Å². The van der Waals surface area contributed by atoms with Gasteiger partial charge in [-0.05, 0) is 56.7 Å². The highest BCUT2D eigenvalue weighted by Gasteiger charge is 2.39. The summed E-state index contributed by atoms with van der Waals surface area (Å²) < 4.78 is 32.7. The van der Waals surface area contributed by atoms with Crippen LogP contribution in [0.2, 0.25) is 0 Å². The second kappa shape index (κ2) is 10.3. The minimum Gasteiger partial charge on any atom is -0.391 e. The fourth-order valence-corrected chi connectivity index (χ4v) is 6.51. The molecule has 0 unspecified atom stereocenters. The van der Waals surface area contributed by atoms with Crippen LogP contribution in [0, 0.1) is 11.3 Å². The van der Waals surface area contributed by atoms with Gasteiger partial charge >= 0.3 is 0 Å². The van der Waals surface area contributed by atoms with E-state index in [1.807, 2.05) is 18.2 Å². The molecule has 3 aromatic rings. The van der Waals surface area contributed by atoms with E-state index in [0.29, 0.717) is 24.7 Å². The third-order valence-corrected chi connectivity index (χ3v) is 8.73. The molecule has 1 N–H and O–H groups in total. The number of aromatic nitrogens is 2. The second-order valence-corrected chi connectivity index (χ2v) is 11.2. The first-order chi connectivity index (χ1) is 17.0. The van der Waals surface area contributed by atoms with Crippen molar-refractivity contribution in [2.75, 3.05) is 0 Å². The van der Waals surface area contributed by atoms with Gasteiger partial charge < -0.3 is 9.63 Å². The summed E-state index contributed by atoms with van der Waals surface area (Å²) in [5, 5.41) is 23.6. The number of hydrogen-bond acceptors (Lipinski definition) is 6. The summed E-state index contributed by atoms with van der Waals surface area (Å²) in [5.74, 6) is -0.683. The van der Waals surface area contributed by atoms with E-state index in [0.717, 1.165) is 45.6 Å². The molecular weight excluding hydrogens is 468 g/mol. The van der Waals surface area contributed by atoms with Crippen LogP contribution in [0.15, 0.2) is 22.7 Å². The van der Waals surface area contributed by atoms with Crippen molar-refractivity contribution in [3.05, 3.63) is 45.8 Å². The van der Waals surface area contributed by atoms with Gasteiger partial charge in [0.05, 0.1) is 39.2 Å². The molecule has 0 amide bonds. The summed E-state index contributed by atoms with van der Waals surface area (Å²) >= 11 is 1.77. The fourth-order valence-electron chi connectivity index (χ4n) is 5.33. The molecule has 3 aliphatic rings. The van der Waals surface area contributed by atoms with Crippen LogP contribution in [0.1, 0.15) is 116 Å². The van der Waals surface area contributed by atoms with Crippen molar-refractivity contribution in [1.82, 2.24) is 10.1 Å². The SMILES string of the molecule is N#Cc1ccc2nc(C3CCCCC3)sc2c1.OCc1c(C2CCC(F)(F)CC2)noc1C1CC1. The highest BCUT2D eigenvalue weighted by Crippen LogP contribution is 2.46. The fraction of sp³-hybridized carbons (Fsp3) is 0.593. The first-order valence-corrected chi connectivity index (χ1v) is 13.6. The van der Waals surface area contributed by atoms with Crippen LogP contribution in [-0.2, 0) is 6.61 Å². The lowest BCUT2D eigenvalue weighted by Gasteiger charge is -2.27. The van der Waals surface area contributed by atoms with Gasteiger partial charge in [0.15, 0.2) is 0 Å². The number of hydrogen-bond donors (Lipinski definition) is 1. The number of aliphatic hydroxyl groups excluding tert-OH is 1. The van der Waals surface area contributed by atoms with Crippen molar-refractivity contribution in [3.8, 4) is 6.07 Å². The monoisotopic (exact) mass is 499 g/mol. The Bertz CT molecular complexity index is 1190. The molecule has 0 aliphatic heterocycles. The van der Waals surface area contributed by atoms with Crippen LogP contribution in [0.3, 0.4) is 0 Å². The highest BCUT2D eigenvalue weighted by molar-refractivity contribution is 7.18. The summed E-state index contributed by atoms with van der Waals surface area (Å²) in [6.45, 7) is -0.0996. The van der Waals surface area contributed by atoms with Crippen molar-refractivity contribution in [2.45, 2.75) is 101 Å². The number of benzene rings is 1. The molecule has 0 spiro atoms. The smallest absolute Gasteiger partial charge is 0.248 e. The Morgan fingerprint density at radius 1 is 1.03 bits per heavy atom. The zero-order valence-electron chi connectivity index (χ0n) is 19.8. The molecule has 1 aromatic carbocycles. The van der Waals surface area contributed by atoms with Gasteiger partial charge in [-0.25, -0.2) is 13.8 Å². The minimum atomic E-state index is -2.53. The Labute approximate surface area is 208 Å². The molecular formula is C27H31F2N3O2S. The molecule has 3 saturated carbocycles. The molecule has 0 bridgehead atoms. The number of rotatable bonds is 4. The topological polar surface area (TPSA) is 82.9 Å². The normalized spacial score (nSPS) is 20.9. The van der Waals surface area contributed by atoms with E-state index in [-0.39, 0.29) is 25.4 Å². The molecule has 3 aliphatic carbocycles. The molecule has 6 rings (SSSR count). The van der Waals surface area contributed by atoms with E-state index in [4.69, 9.17) is 14.8 Å². The van der Waals surface area contributed by atoms with Gasteiger partial charge in [0.1, 0.15) is 5.76 Å². The quantitative estimate of drug-likeness (QED) is 0.401. The predicted molar refractivity (Wildman–Crippen MR) is 131 cm³/mol. The standard InChI is InChI=1S/C14H14N2S.C13H17F2NO2/c15-9-10-6-7-12-13(8-10)17-14(16-12)11-4-2-1-3-5-11;14-13(15)5-3-8(4-6-13)11-10(7-17)12(18-16-11)9-1-2-9/h6-8,11H,1-5H2;8-9,17H,1-7H2. The summed E-state index contributed by atoms with van der Waals surface area (Å²) in [4.78, 5) is 4.72. The summed E-state index contributed by atoms with van der Waals surface area (Å²) in [6.07, 6.45) is 9.44. The summed E-state index contributed by atoms with van der Waals surface area (Å²) in [5.41, 5.74) is 3.26. The molecule has 3 fully saturated rings. The number of nitriles is 1. The van der Waals surface area contributed by atoms with E-state index in [9.17, 15) is 13.9 Å². The van der Waals surface area contributed by atoms with Crippen LogP contribution in [0.25, 0.3) is 10.2 Å². The second-order valence-electron chi connectivity index (χ2n) is 10.2. The van der Waals surface area contributed by atoms with Crippen molar-refractivity contribution in [3.63, 3.8) is 0 Å². The maximum atomic E-state index is 13.1. The zero-order chi connectivity index (χ0) is 24.4. The molecule has 0 radical (unpaired) electrons. The lowest BCUT2D eigenvalue weighted by atomic mass is 9.83. The summed E-state index contributed by atoms with van der Waals surface area (Å²) in [7, 11) is 0. The average molecular weight is 500 g/mol. The lowest BCUT2D eigenvalue weighted by Crippen LogP contribution is -2.24. The van der Waals surface area contributed by atoms with Gasteiger partial charge in [0, 0.05) is 36.2 Å². The van der Waals surface area contributed by atoms with Gasteiger partial charge in [0.2, 0.25) is 5.92 Å². The number of aliphatic hydroxyl groups is 1. The number of alkyl halides is 2. The Hall–Kier alpha value is -2.37. The summed E-state index contributed by atoms with van der Waals surface area (Å²) in [6, 6.07) is 7.97. The van der Waals surface area contributed by atoms with Gasteiger partial charge in [-0.3, -0.25) is 0 Å². The Balaban J connectivity index is 0.000000145. The van der Waals surface area contributed by atoms with Crippen LogP contribution in [0.4, 0.5) is 8.78 Å². The zero-order valence-corrected chi connectivity index (χ0v) is 20.6. The van der Waals surface area contributed by atoms with E-state index in [1.54, 1.807) is 11.3 Å². The van der Waals surface area contributed by atoms with Crippen LogP contribution >= 0.6 is 11.3 Å². The van der Waals surface area contributed by atoms with Gasteiger partial charge in [0.25, 0.3) is 0 Å². The third kappa shape index (κ3) is 5.57. The molecule has 0 saturated heterocycles. The molecule has 35 heavy (non-hydrogen) atoms. The highest BCUT2D eigenvalue weighted by atomic mass is 32.1. The number of halogens is 2. The third-order valence-electron chi connectivity index (χ3n) is 7.55. The predicted octanol–water partition coefficient (Wildman–Crippen LogP) is 7.55. The molecule has 8 heteroatoms. The number of nitrogens with zero attached hydrogens (tertiary/aromatic N) is 3. The number of thiazole rings is 1. The Morgan fingerprint density at radius 3 is 2.43 bits per heavy atom. The molecule has 186 valence electrons. The van der Waals surface area contributed by atoms with Crippen molar-refractivity contribution < 1.29 is 18.4 Å². The van der Waals surface area contributed by atoms with E-state index in [1.165, 1.54) is 37.1 Å². The minimum absolute atomic E-state index is 0.0167. The maximum Gasteiger partial charge on any atom is 0.248 e. The Kier molecular flexibility index (Phi) is 7.17. The van der Waals surface area contributed by atoms with E-state index >= 15 is 0 Å². The molecule has 2 aromatic heterocycles. The number of fused-ring (bicyclic) bond motifs is 1. The largest absolute Gasteiger partial charge is 0.391 e. The van der Waals surface area contributed by atoms with Crippen molar-refractivity contribution in [1.29, 1.82) is 5.26 Å². The average Bonchev–Trinajstić information content (AvgIpc) is 3.49. The van der Waals surface area contributed by atoms with Gasteiger partial charge in [-0.1, -0.05) is 24.4 Å². The first kappa shape index (κ1) is 24.3.